The van der Waals surface area contributed by atoms with Crippen LogP contribution in [0.25, 0.3) is 11.3 Å². The zero-order valence-electron chi connectivity index (χ0n) is 19.0. The first-order valence-electron chi connectivity index (χ1n) is 10.4. The maximum Gasteiger partial charge on any atom is 0.278 e. The van der Waals surface area contributed by atoms with Gasteiger partial charge in [0, 0.05) is 34.9 Å². The van der Waals surface area contributed by atoms with Gasteiger partial charge in [0.25, 0.3) is 5.91 Å². The van der Waals surface area contributed by atoms with Gasteiger partial charge in [-0.3, -0.25) is 4.79 Å². The van der Waals surface area contributed by atoms with Crippen LogP contribution in [0, 0.1) is 6.92 Å². The second-order valence-electron chi connectivity index (χ2n) is 6.76. The molecule has 1 amide bonds. The summed E-state index contributed by atoms with van der Waals surface area (Å²) < 4.78 is 4.83. The van der Waals surface area contributed by atoms with Crippen LogP contribution in [0.2, 0.25) is 0 Å². The van der Waals surface area contributed by atoms with Gasteiger partial charge in [-0.25, -0.2) is 9.97 Å². The Kier molecular flexibility index (Phi) is 11.2. The number of anilines is 2. The van der Waals surface area contributed by atoms with Crippen molar-refractivity contribution in [1.29, 1.82) is 0 Å². The average Bonchev–Trinajstić information content (AvgIpc) is 2.80. The predicted octanol–water partition coefficient (Wildman–Crippen LogP) is 5.69. The summed E-state index contributed by atoms with van der Waals surface area (Å²) in [6, 6.07) is 15.6. The zero-order chi connectivity index (χ0) is 23.3. The van der Waals surface area contributed by atoms with Crippen molar-refractivity contribution < 1.29 is 9.53 Å². The molecule has 0 radical (unpaired) electrons. The largest absolute Gasteiger partial charge is 0.382 e. The smallest absolute Gasteiger partial charge is 0.278 e. The lowest BCUT2D eigenvalue weighted by molar-refractivity contribution is 0.102. The van der Waals surface area contributed by atoms with E-state index < -0.39 is 0 Å². The first kappa shape index (κ1) is 25.8. The van der Waals surface area contributed by atoms with Crippen LogP contribution in [0.4, 0.5) is 11.5 Å². The minimum absolute atomic E-state index is 0.111. The molecule has 32 heavy (non-hydrogen) atoms. The van der Waals surface area contributed by atoms with Gasteiger partial charge in [-0.1, -0.05) is 29.8 Å². The number of carbonyl (C=O) groups excluding carboxylic acids is 1. The molecule has 0 saturated heterocycles. The molecule has 8 heteroatoms. The second-order valence-corrected chi connectivity index (χ2v) is 9.38. The van der Waals surface area contributed by atoms with E-state index in [0.717, 1.165) is 38.4 Å². The first-order chi connectivity index (χ1) is 15.5. The van der Waals surface area contributed by atoms with Gasteiger partial charge in [-0.05, 0) is 51.7 Å². The molecule has 0 bridgehead atoms. The van der Waals surface area contributed by atoms with Gasteiger partial charge in [0.2, 0.25) is 0 Å². The molecule has 6 nitrogen and oxygen atoms in total. The van der Waals surface area contributed by atoms with Crippen LogP contribution in [0.5, 0.6) is 0 Å². The normalized spacial score (nSPS) is 10.6. The van der Waals surface area contributed by atoms with Gasteiger partial charge < -0.3 is 15.8 Å². The van der Waals surface area contributed by atoms with Crippen molar-refractivity contribution in [2.24, 2.45) is 0 Å². The topological polar surface area (TPSA) is 90.1 Å². The third kappa shape index (κ3) is 8.23. The number of nitrogen functional groups attached to an aromatic ring is 1. The summed E-state index contributed by atoms with van der Waals surface area (Å²) in [4.78, 5) is 22.4. The number of nitrogens with two attached hydrogens (primary N) is 1. The van der Waals surface area contributed by atoms with Crippen molar-refractivity contribution in [2.45, 2.75) is 25.7 Å². The number of hydrogen-bond acceptors (Lipinski definition) is 6. The van der Waals surface area contributed by atoms with Crippen molar-refractivity contribution in [3.8, 4) is 11.3 Å². The molecular weight excluding hydrogens is 439 g/mol. The fraction of sp³-hybridized carbons (Fsp3) is 0.292. The van der Waals surface area contributed by atoms with E-state index in [2.05, 4.69) is 21.9 Å². The molecule has 0 fully saturated rings. The van der Waals surface area contributed by atoms with Crippen LogP contribution in [-0.2, 0) is 4.74 Å². The van der Waals surface area contributed by atoms with Crippen LogP contribution in [0.3, 0.4) is 0 Å². The lowest BCUT2D eigenvalue weighted by Crippen LogP contribution is -2.17. The van der Waals surface area contributed by atoms with E-state index in [1.807, 2.05) is 69.3 Å². The minimum atomic E-state index is -0.371. The van der Waals surface area contributed by atoms with E-state index in [4.69, 9.17) is 10.5 Å². The summed E-state index contributed by atoms with van der Waals surface area (Å²) in [5.41, 5.74) is 10.5. The molecule has 0 saturated carbocycles. The van der Waals surface area contributed by atoms with Crippen molar-refractivity contribution in [3.63, 3.8) is 0 Å². The number of carbonyl (C=O) groups is 1. The monoisotopic (exact) mass is 470 g/mol. The molecule has 0 aliphatic heterocycles. The predicted molar refractivity (Wildman–Crippen MR) is 138 cm³/mol. The van der Waals surface area contributed by atoms with E-state index in [-0.39, 0.29) is 17.4 Å². The van der Waals surface area contributed by atoms with Gasteiger partial charge in [0.1, 0.15) is 0 Å². The number of rotatable bonds is 8. The summed E-state index contributed by atoms with van der Waals surface area (Å²) in [5.74, 6) is -0.260. The number of amides is 1. The quantitative estimate of drug-likeness (QED) is 0.325. The van der Waals surface area contributed by atoms with Gasteiger partial charge in [0.05, 0.1) is 11.9 Å². The number of hydrogen-bond donors (Lipinski definition) is 2. The fourth-order valence-electron chi connectivity index (χ4n) is 2.61. The van der Waals surface area contributed by atoms with Crippen molar-refractivity contribution in [3.05, 3.63) is 66.0 Å². The Morgan fingerprint density at radius 3 is 2.31 bits per heavy atom. The summed E-state index contributed by atoms with van der Waals surface area (Å²) in [6.07, 6.45) is 1.58. The highest BCUT2D eigenvalue weighted by atomic mass is 32.2. The van der Waals surface area contributed by atoms with E-state index in [1.165, 1.54) is 4.90 Å². The Morgan fingerprint density at radius 2 is 1.75 bits per heavy atom. The Morgan fingerprint density at radius 1 is 1.09 bits per heavy atom. The maximum atomic E-state index is 12.6. The van der Waals surface area contributed by atoms with Crippen molar-refractivity contribution in [1.82, 2.24) is 9.97 Å². The van der Waals surface area contributed by atoms with E-state index >= 15 is 0 Å². The number of ether oxygens (including phenoxy) is 1. The lowest BCUT2D eigenvalue weighted by Gasteiger charge is -2.09. The van der Waals surface area contributed by atoms with Gasteiger partial charge in [-0.15, -0.1) is 20.3 Å². The Balaban J connectivity index is 0.000000654. The van der Waals surface area contributed by atoms with Crippen LogP contribution < -0.4 is 11.1 Å². The highest BCUT2D eigenvalue weighted by Crippen LogP contribution is 2.25. The number of benzene rings is 2. The molecule has 1 aromatic heterocycles. The van der Waals surface area contributed by atoms with Gasteiger partial charge in [-0.2, -0.15) is 0 Å². The molecule has 3 N–H and O–H groups in total. The van der Waals surface area contributed by atoms with Crippen molar-refractivity contribution >= 4 is 37.8 Å². The zero-order valence-corrected chi connectivity index (χ0v) is 20.8. The molecule has 0 aliphatic carbocycles. The molecule has 0 aliphatic rings. The highest BCUT2D eigenvalue weighted by Gasteiger charge is 2.15. The summed E-state index contributed by atoms with van der Waals surface area (Å²) >= 11 is 1.80. The lowest BCUT2D eigenvalue weighted by atomic mass is 10.1. The second kappa shape index (κ2) is 13.8. The van der Waals surface area contributed by atoms with Crippen LogP contribution in [-0.4, -0.2) is 41.2 Å². The number of nitrogens with one attached hydrogen (secondary N) is 1. The first-order valence-corrected chi connectivity index (χ1v) is 13.1. The number of aryl methyl sites for hydroxylation is 1. The highest BCUT2D eigenvalue weighted by molar-refractivity contribution is 8.03. The van der Waals surface area contributed by atoms with Gasteiger partial charge >= 0.3 is 0 Å². The van der Waals surface area contributed by atoms with Gasteiger partial charge in [0.15, 0.2) is 11.5 Å². The molecule has 3 aromatic rings. The summed E-state index contributed by atoms with van der Waals surface area (Å²) in [7, 11) is 0.906. The summed E-state index contributed by atoms with van der Waals surface area (Å²) in [5, 5.41) is 2.84. The Labute approximate surface area is 196 Å². The third-order valence-corrected chi connectivity index (χ3v) is 6.60. The fourth-order valence-corrected chi connectivity index (χ4v) is 4.19. The molecule has 1 heterocycles. The molecule has 3 rings (SSSR count). The molecular formula is C24H31N4O2PS. The van der Waals surface area contributed by atoms with Crippen LogP contribution >= 0.6 is 20.3 Å². The van der Waals surface area contributed by atoms with E-state index in [9.17, 15) is 4.79 Å². The minimum Gasteiger partial charge on any atom is -0.382 e. The van der Waals surface area contributed by atoms with E-state index in [1.54, 1.807) is 18.0 Å². The Hall–Kier alpha value is -2.47. The van der Waals surface area contributed by atoms with E-state index in [0.29, 0.717) is 11.4 Å². The number of aromatic nitrogens is 2. The average molecular weight is 471 g/mol. The Bertz CT molecular complexity index is 980. The van der Waals surface area contributed by atoms with Crippen LogP contribution in [0.1, 0.15) is 29.9 Å². The molecule has 170 valence electrons. The third-order valence-electron chi connectivity index (χ3n) is 4.27. The SMILES string of the molecule is CCOCC.CPCSc1ccc(NC(=O)c2nc(-c3ccc(C)cc3)cnc2N)cc1. The number of thioether (sulfide) groups is 1. The van der Waals surface area contributed by atoms with Crippen LogP contribution in [0.15, 0.2) is 59.6 Å². The molecule has 0 spiro atoms. The molecule has 1 unspecified atom stereocenters. The molecule has 2 aromatic carbocycles. The molecule has 1 atom stereocenters. The van der Waals surface area contributed by atoms with Crippen molar-refractivity contribution in [2.75, 3.05) is 36.4 Å². The maximum absolute atomic E-state index is 12.6. The number of nitrogens with zero attached hydrogens (tertiary/aromatic N) is 2. The standard InChI is InChI=1S/C20H21N4OPS.C4H10O/c1-13-3-5-14(6-4-13)17-11-22-19(21)18(24-17)20(25)23-15-7-9-16(10-8-15)27-12-26-2;1-3-5-4-2/h3-11,26H,12H2,1-2H3,(H2,21,22)(H,23,25);3-4H2,1-2H3. The summed E-state index contributed by atoms with van der Waals surface area (Å²) in [6.45, 7) is 9.86.